The molecule has 4 aromatic rings. The second kappa shape index (κ2) is 14.1. The number of halogens is 3. The topological polar surface area (TPSA) is 115 Å². The molecule has 9 nitrogen and oxygen atoms in total. The first-order valence-corrected chi connectivity index (χ1v) is 14.6. The first-order chi connectivity index (χ1) is 21.1. The fourth-order valence-corrected chi connectivity index (χ4v) is 5.58. The zero-order valence-corrected chi connectivity index (χ0v) is 27.0. The number of benzene rings is 4. The van der Waals surface area contributed by atoms with Crippen molar-refractivity contribution in [3.63, 3.8) is 0 Å². The molecule has 3 amide bonds. The Bertz CT molecular complexity index is 1810. The minimum absolute atomic E-state index is 0. The zero-order valence-electron chi connectivity index (χ0n) is 24.6. The van der Waals surface area contributed by atoms with Crippen LogP contribution in [0.3, 0.4) is 0 Å². The molecule has 0 fully saturated rings. The molecule has 2 N–H and O–H groups in total. The lowest BCUT2D eigenvalue weighted by Crippen LogP contribution is -2.55. The highest BCUT2D eigenvalue weighted by Gasteiger charge is 2.38. The van der Waals surface area contributed by atoms with E-state index in [2.05, 4.69) is 32.6 Å². The minimum Gasteiger partial charge on any atom is -0.496 e. The molecule has 0 saturated carbocycles. The van der Waals surface area contributed by atoms with Crippen LogP contribution < -0.4 is 25.2 Å². The van der Waals surface area contributed by atoms with Crippen LogP contribution >= 0.6 is 28.3 Å². The number of likely N-dealkylation sites (N-methyl/N-ethyl adjacent to an activating group) is 1. The molecule has 0 bridgehead atoms. The summed E-state index contributed by atoms with van der Waals surface area (Å²) in [6.45, 7) is 1.46. The number of rotatable bonds is 7. The van der Waals surface area contributed by atoms with Gasteiger partial charge in [0, 0.05) is 15.6 Å². The lowest BCUT2D eigenvalue weighted by molar-refractivity contribution is -0.128. The quantitative estimate of drug-likeness (QED) is 0.271. The van der Waals surface area contributed by atoms with Crippen LogP contribution in [0, 0.1) is 17.1 Å². The van der Waals surface area contributed by atoms with Gasteiger partial charge in [0.15, 0.2) is 0 Å². The first-order valence-electron chi connectivity index (χ1n) is 13.8. The Labute approximate surface area is 274 Å². The molecule has 0 aliphatic carbocycles. The molecule has 4 aromatic carbocycles. The molecule has 12 heteroatoms. The van der Waals surface area contributed by atoms with Gasteiger partial charge >= 0.3 is 0 Å². The Morgan fingerprint density at radius 3 is 2.49 bits per heavy atom. The molecule has 0 saturated heterocycles. The zero-order chi connectivity index (χ0) is 31.5. The third-order valence-electron chi connectivity index (χ3n) is 7.68. The van der Waals surface area contributed by atoms with Crippen molar-refractivity contribution in [3.05, 3.63) is 99.8 Å². The van der Waals surface area contributed by atoms with E-state index in [1.807, 2.05) is 30.3 Å². The van der Waals surface area contributed by atoms with Crippen molar-refractivity contribution in [1.29, 1.82) is 5.26 Å². The number of amides is 3. The average Bonchev–Trinajstić information content (AvgIpc) is 3.14. The van der Waals surface area contributed by atoms with Crippen molar-refractivity contribution in [1.82, 2.24) is 10.6 Å². The second-order valence-corrected chi connectivity index (χ2v) is 11.3. The Morgan fingerprint density at radius 1 is 1.09 bits per heavy atom. The van der Waals surface area contributed by atoms with E-state index < -0.39 is 35.6 Å². The molecule has 2 atom stereocenters. The third kappa shape index (κ3) is 6.78. The van der Waals surface area contributed by atoms with Crippen LogP contribution in [0.15, 0.2) is 77.3 Å². The van der Waals surface area contributed by atoms with Crippen LogP contribution in [0.2, 0.25) is 0 Å². The second-order valence-electron chi connectivity index (χ2n) is 10.3. The van der Waals surface area contributed by atoms with Gasteiger partial charge < -0.3 is 25.2 Å². The van der Waals surface area contributed by atoms with Gasteiger partial charge in [0.1, 0.15) is 17.6 Å². The number of fused-ring (bicyclic) bond motifs is 2. The van der Waals surface area contributed by atoms with E-state index in [1.54, 1.807) is 33.2 Å². The summed E-state index contributed by atoms with van der Waals surface area (Å²) in [5.74, 6) is -1.37. The summed E-state index contributed by atoms with van der Waals surface area (Å²) in [7, 11) is 3.17. The van der Waals surface area contributed by atoms with Gasteiger partial charge in [-0.15, -0.1) is 12.4 Å². The predicted octanol–water partition coefficient (Wildman–Crippen LogP) is 5.33. The van der Waals surface area contributed by atoms with Crippen LogP contribution in [0.4, 0.5) is 15.8 Å². The van der Waals surface area contributed by atoms with Gasteiger partial charge in [-0.05, 0) is 85.4 Å². The highest BCUT2D eigenvalue weighted by atomic mass is 79.9. The summed E-state index contributed by atoms with van der Waals surface area (Å²) >= 11 is 3.51. The van der Waals surface area contributed by atoms with Gasteiger partial charge in [0.05, 0.1) is 49.2 Å². The van der Waals surface area contributed by atoms with Crippen LogP contribution in [0.1, 0.15) is 28.4 Å². The number of methoxy groups -OCH3 is 1. The summed E-state index contributed by atoms with van der Waals surface area (Å²) in [4.78, 5) is 44.3. The lowest BCUT2D eigenvalue weighted by atomic mass is 10.0. The Balaban J connectivity index is 0.00000461. The fourth-order valence-electron chi connectivity index (χ4n) is 5.20. The van der Waals surface area contributed by atoms with Crippen molar-refractivity contribution in [2.24, 2.45) is 0 Å². The summed E-state index contributed by atoms with van der Waals surface area (Å²) < 4.78 is 20.3. The van der Waals surface area contributed by atoms with E-state index in [-0.39, 0.29) is 36.6 Å². The number of hydrogen-bond acceptors (Lipinski definition) is 6. The molecular formula is C33H30BrClFN5O4. The minimum atomic E-state index is -1.16. The molecule has 0 unspecified atom stereocenters. The fraction of sp³-hybridized carbons (Fsp3) is 0.212. The number of hydrogen-bond donors (Lipinski definition) is 2. The largest absolute Gasteiger partial charge is 0.496 e. The summed E-state index contributed by atoms with van der Waals surface area (Å²) in [6.07, 6.45) is 0. The van der Waals surface area contributed by atoms with Gasteiger partial charge in [0.25, 0.3) is 11.8 Å². The number of nitrogens with one attached hydrogen (secondary N) is 2. The number of anilines is 2. The predicted molar refractivity (Wildman–Crippen MR) is 176 cm³/mol. The van der Waals surface area contributed by atoms with Crippen LogP contribution in [-0.2, 0) is 16.1 Å². The molecule has 0 radical (unpaired) electrons. The van der Waals surface area contributed by atoms with Gasteiger partial charge in [-0.2, -0.15) is 5.26 Å². The molecule has 1 aliphatic rings. The Hall–Kier alpha value is -4.50. The lowest BCUT2D eigenvalue weighted by Gasteiger charge is -2.27. The monoisotopic (exact) mass is 693 g/mol. The highest BCUT2D eigenvalue weighted by Crippen LogP contribution is 2.38. The van der Waals surface area contributed by atoms with E-state index in [4.69, 9.17) is 4.74 Å². The maximum Gasteiger partial charge on any atom is 0.258 e. The van der Waals surface area contributed by atoms with Crippen molar-refractivity contribution in [3.8, 4) is 11.8 Å². The van der Waals surface area contributed by atoms with Crippen LogP contribution in [-0.4, -0.2) is 50.5 Å². The van der Waals surface area contributed by atoms with Gasteiger partial charge in [0.2, 0.25) is 5.91 Å². The van der Waals surface area contributed by atoms with Gasteiger partial charge in [-0.3, -0.25) is 14.4 Å². The van der Waals surface area contributed by atoms with Crippen molar-refractivity contribution in [2.75, 3.05) is 30.5 Å². The van der Waals surface area contributed by atoms with E-state index in [0.717, 1.165) is 15.2 Å². The molecule has 0 spiro atoms. The smallest absolute Gasteiger partial charge is 0.258 e. The third-order valence-corrected chi connectivity index (χ3v) is 8.17. The number of nitriles is 1. The first kappa shape index (κ1) is 33.4. The molecule has 232 valence electrons. The number of carbonyl (C=O) groups excluding carboxylic acids is 3. The summed E-state index contributed by atoms with van der Waals surface area (Å²) in [5, 5.41) is 17.2. The van der Waals surface area contributed by atoms with E-state index in [1.165, 1.54) is 40.1 Å². The molecule has 45 heavy (non-hydrogen) atoms. The maximum absolute atomic E-state index is 14.4. The number of carbonyl (C=O) groups is 3. The maximum atomic E-state index is 14.4. The van der Waals surface area contributed by atoms with E-state index in [0.29, 0.717) is 22.7 Å². The molecule has 5 rings (SSSR count). The Morgan fingerprint density at radius 2 is 1.82 bits per heavy atom. The molecule has 1 heterocycles. The van der Waals surface area contributed by atoms with Gasteiger partial charge in [-0.1, -0.05) is 28.1 Å². The summed E-state index contributed by atoms with van der Waals surface area (Å²) in [6, 6.07) is 19.6. The standard InChI is InChI=1S/C33H29BrFN5O4.ClH/c1-19(37-2)31(41)38-27-18-40(32(42)21-5-9-24(35)10-6-21)29-14-20(16-36)4-12-28(29)39(33(27)43)17-26-25-11-8-23(34)15-22(25)7-13-30(26)44-3;/h4-15,19,27,37H,17-18H2,1-3H3,(H,38,41);1H/t19-,27-;/m0./s1. The molecule has 1 aliphatic heterocycles. The van der Waals surface area contributed by atoms with Crippen LogP contribution in [0.5, 0.6) is 5.75 Å². The van der Waals surface area contributed by atoms with E-state index in [9.17, 15) is 24.0 Å². The SMILES string of the molecule is CN[C@@H](C)C(=O)N[C@H]1CN(C(=O)c2ccc(F)cc2)c2cc(C#N)ccc2N(Cc2c(OC)ccc3cc(Br)ccc23)C1=O.Cl. The number of nitrogens with zero attached hydrogens (tertiary/aromatic N) is 3. The number of ether oxygens (including phenoxy) is 1. The summed E-state index contributed by atoms with van der Waals surface area (Å²) in [5.41, 5.74) is 1.82. The normalized spacial score (nSPS) is 14.9. The van der Waals surface area contributed by atoms with Gasteiger partial charge in [-0.25, -0.2) is 4.39 Å². The Kier molecular flexibility index (Phi) is 10.4. The van der Waals surface area contributed by atoms with Crippen molar-refractivity contribution in [2.45, 2.75) is 25.6 Å². The van der Waals surface area contributed by atoms with Crippen molar-refractivity contribution >= 4 is 68.2 Å². The van der Waals surface area contributed by atoms with Crippen LogP contribution in [0.25, 0.3) is 10.8 Å². The van der Waals surface area contributed by atoms with Crippen molar-refractivity contribution < 1.29 is 23.5 Å². The molecular weight excluding hydrogens is 665 g/mol. The van der Waals surface area contributed by atoms with E-state index >= 15 is 0 Å². The molecule has 0 aromatic heterocycles. The average molecular weight is 695 g/mol. The highest BCUT2D eigenvalue weighted by molar-refractivity contribution is 9.10.